The summed E-state index contributed by atoms with van der Waals surface area (Å²) in [6, 6.07) is 16.6. The van der Waals surface area contributed by atoms with E-state index in [1.165, 1.54) is 6.20 Å². The molecule has 0 radical (unpaired) electrons. The second-order valence-electron chi connectivity index (χ2n) is 14.8. The molecule has 2 aromatic carbocycles. The van der Waals surface area contributed by atoms with E-state index in [1.807, 2.05) is 62.4 Å². The minimum Gasteiger partial charge on any atom is -0.496 e. The Hall–Kier alpha value is -4.09. The zero-order valence-electron chi connectivity index (χ0n) is 29.1. The maximum Gasteiger partial charge on any atom is 0.312 e. The van der Waals surface area contributed by atoms with Crippen LogP contribution in [-0.4, -0.2) is 72.0 Å². The smallest absolute Gasteiger partial charge is 0.312 e. The number of nitrogens with zero attached hydrogens (tertiary/aromatic N) is 2. The molecule has 6 atom stereocenters. The number of amides is 2. The topological polar surface area (TPSA) is 146 Å². The van der Waals surface area contributed by atoms with Gasteiger partial charge in [-0.2, -0.15) is 5.10 Å². The minimum absolute atomic E-state index is 0. The molecule has 2 heterocycles. The van der Waals surface area contributed by atoms with Gasteiger partial charge in [0.15, 0.2) is 0 Å². The molecule has 1 saturated heterocycles. The highest BCUT2D eigenvalue weighted by Crippen LogP contribution is 2.75. The summed E-state index contributed by atoms with van der Waals surface area (Å²) in [5, 5.41) is 25.5. The van der Waals surface area contributed by atoms with Gasteiger partial charge in [-0.3, -0.25) is 24.4 Å². The first-order valence-electron chi connectivity index (χ1n) is 17.5. The van der Waals surface area contributed by atoms with Crippen molar-refractivity contribution < 1.29 is 29.0 Å². The summed E-state index contributed by atoms with van der Waals surface area (Å²) in [6.45, 7) is 5.51. The number of para-hydroxylation sites is 1. The van der Waals surface area contributed by atoms with Gasteiger partial charge in [-0.1, -0.05) is 38.1 Å². The van der Waals surface area contributed by atoms with Gasteiger partial charge >= 0.3 is 5.97 Å². The number of anilines is 1. The fraction of sp³-hybridized carbons (Fsp3) is 0.526. The molecular formula is C38H48ClN5O6. The Morgan fingerprint density at radius 3 is 2.24 bits per heavy atom. The summed E-state index contributed by atoms with van der Waals surface area (Å²) in [4.78, 5) is 46.2. The van der Waals surface area contributed by atoms with E-state index in [-0.39, 0.29) is 48.3 Å². The number of aliphatic carboxylic acids is 1. The Labute approximate surface area is 299 Å². The van der Waals surface area contributed by atoms with Gasteiger partial charge in [0.2, 0.25) is 5.91 Å². The number of H-pyrrole nitrogens is 1. The zero-order valence-corrected chi connectivity index (χ0v) is 29.9. The van der Waals surface area contributed by atoms with Gasteiger partial charge in [-0.15, -0.1) is 12.4 Å². The van der Waals surface area contributed by atoms with Crippen molar-refractivity contribution in [1.82, 2.24) is 20.8 Å². The van der Waals surface area contributed by atoms with Crippen molar-refractivity contribution in [2.75, 3.05) is 32.2 Å². The van der Waals surface area contributed by atoms with Gasteiger partial charge < -0.3 is 25.2 Å². The third-order valence-electron chi connectivity index (χ3n) is 12.4. The Kier molecular flexibility index (Phi) is 9.69. The van der Waals surface area contributed by atoms with Crippen LogP contribution in [0.25, 0.3) is 0 Å². The summed E-state index contributed by atoms with van der Waals surface area (Å²) >= 11 is 0. The monoisotopic (exact) mass is 705 g/mol. The van der Waals surface area contributed by atoms with E-state index in [0.717, 1.165) is 31.5 Å². The van der Waals surface area contributed by atoms with Gasteiger partial charge in [0.1, 0.15) is 17.2 Å². The molecule has 2 amide bonds. The molecule has 6 unspecified atom stereocenters. The molecule has 11 nitrogen and oxygen atoms in total. The fourth-order valence-corrected chi connectivity index (χ4v) is 11.1. The summed E-state index contributed by atoms with van der Waals surface area (Å²) in [7, 11) is 3.23. The number of carbonyl (C=O) groups is 3. The Bertz CT molecular complexity index is 1690. The van der Waals surface area contributed by atoms with Gasteiger partial charge in [-0.25, -0.2) is 0 Å². The predicted octanol–water partition coefficient (Wildman–Crippen LogP) is 5.22. The summed E-state index contributed by atoms with van der Waals surface area (Å²) in [5.74, 6) is -1.98. The van der Waals surface area contributed by atoms with E-state index in [0.29, 0.717) is 36.4 Å². The van der Waals surface area contributed by atoms with Crippen molar-refractivity contribution >= 4 is 35.9 Å². The molecule has 5 aliphatic rings. The van der Waals surface area contributed by atoms with E-state index in [4.69, 9.17) is 9.47 Å². The molecule has 50 heavy (non-hydrogen) atoms. The number of halogens is 1. The van der Waals surface area contributed by atoms with E-state index >= 15 is 4.79 Å². The van der Waals surface area contributed by atoms with E-state index in [2.05, 4.69) is 20.8 Å². The molecule has 12 heteroatoms. The van der Waals surface area contributed by atoms with Crippen LogP contribution in [0.5, 0.6) is 11.5 Å². The Morgan fingerprint density at radius 2 is 1.66 bits per heavy atom. The second-order valence-corrected chi connectivity index (χ2v) is 14.8. The van der Waals surface area contributed by atoms with E-state index in [1.54, 1.807) is 25.2 Å². The summed E-state index contributed by atoms with van der Waals surface area (Å²) < 4.78 is 12.1. The number of benzene rings is 2. The molecule has 4 saturated carbocycles. The molecule has 1 aromatic heterocycles. The van der Waals surface area contributed by atoms with Crippen molar-refractivity contribution in [2.24, 2.45) is 29.1 Å². The Balaban J connectivity index is 0.00000432. The highest BCUT2D eigenvalue weighted by molar-refractivity contribution is 6.07. The largest absolute Gasteiger partial charge is 0.496 e. The summed E-state index contributed by atoms with van der Waals surface area (Å²) in [6.07, 6.45) is 5.05. The lowest BCUT2D eigenvalue weighted by Crippen LogP contribution is -2.82. The number of aromatic amines is 1. The number of aromatic nitrogens is 2. The molecule has 8 rings (SSSR count). The van der Waals surface area contributed by atoms with Crippen LogP contribution in [0.2, 0.25) is 0 Å². The molecule has 3 aromatic rings. The number of carbonyl (C=O) groups excluding carboxylic acids is 2. The maximum absolute atomic E-state index is 15.1. The highest BCUT2D eigenvalue weighted by Gasteiger charge is 2.80. The third kappa shape index (κ3) is 5.10. The lowest BCUT2D eigenvalue weighted by Gasteiger charge is -2.74. The minimum atomic E-state index is -1.48. The van der Waals surface area contributed by atoms with Gasteiger partial charge in [0.05, 0.1) is 31.1 Å². The van der Waals surface area contributed by atoms with Crippen LogP contribution in [0.4, 0.5) is 5.69 Å². The van der Waals surface area contributed by atoms with Crippen LogP contribution in [0.3, 0.4) is 0 Å². The van der Waals surface area contributed by atoms with Crippen molar-refractivity contribution in [1.29, 1.82) is 0 Å². The van der Waals surface area contributed by atoms with Crippen molar-refractivity contribution in [2.45, 2.75) is 69.4 Å². The molecule has 5 fully saturated rings. The molecule has 4 N–H and O–H groups in total. The number of hydrogen-bond donors (Lipinski definition) is 4. The zero-order chi connectivity index (χ0) is 34.6. The normalized spacial score (nSPS) is 30.0. The van der Waals surface area contributed by atoms with Crippen molar-refractivity contribution in [3.05, 3.63) is 72.1 Å². The second kappa shape index (κ2) is 13.6. The lowest BCUT2D eigenvalue weighted by molar-refractivity contribution is -0.213. The quantitative estimate of drug-likeness (QED) is 0.225. The van der Waals surface area contributed by atoms with Crippen molar-refractivity contribution in [3.8, 4) is 11.5 Å². The maximum atomic E-state index is 15.1. The van der Waals surface area contributed by atoms with Crippen LogP contribution in [0.15, 0.2) is 60.8 Å². The van der Waals surface area contributed by atoms with Crippen molar-refractivity contribution in [3.63, 3.8) is 0 Å². The number of ether oxygens (including phenoxy) is 2. The van der Waals surface area contributed by atoms with Gasteiger partial charge in [0, 0.05) is 28.9 Å². The highest BCUT2D eigenvalue weighted by atomic mass is 35.5. The number of methoxy groups -OCH3 is 2. The SMILES string of the molecule is COc1cccc(OC)c1C12CC3CC(C1C(=O)NC1CCNCC1)C(C(=O)O)(C(C)C)C(N(C(=O)c1ccn[nH]1)c1ccccc1)(C3)C2.Cl. The third-order valence-corrected chi connectivity index (χ3v) is 12.4. The molecule has 268 valence electrons. The first-order valence-corrected chi connectivity index (χ1v) is 17.5. The van der Waals surface area contributed by atoms with E-state index in [9.17, 15) is 14.7 Å². The predicted molar refractivity (Wildman–Crippen MR) is 191 cm³/mol. The standard InChI is InChI=1S/C38H47N5O6.ClH/c1-23(2)38(35(46)47)27-19-24-20-36(32-29(48-3)11-8-12-30(32)49-4,31(27)33(44)41-25-13-16-39-17-14-25)22-37(38,21-24)43(26-9-6-5-7-10-26)34(45)28-15-18-40-42-28;/h5-12,15,18,23-25,27,31,39H,13-14,16-17,19-22H2,1-4H3,(H,40,42)(H,41,44)(H,46,47);1H. The van der Waals surface area contributed by atoms with Crippen LogP contribution in [0, 0.1) is 29.1 Å². The number of hydrogen-bond acceptors (Lipinski definition) is 7. The van der Waals surface area contributed by atoms with E-state index < -0.39 is 40.1 Å². The van der Waals surface area contributed by atoms with Crippen LogP contribution in [0.1, 0.15) is 68.4 Å². The number of rotatable bonds is 10. The average molecular weight is 706 g/mol. The first kappa shape index (κ1) is 35.7. The van der Waals surface area contributed by atoms with Gasteiger partial charge in [-0.05, 0) is 99.7 Å². The number of piperidine rings is 1. The summed E-state index contributed by atoms with van der Waals surface area (Å²) in [5.41, 5.74) is -1.98. The Morgan fingerprint density at radius 1 is 0.980 bits per heavy atom. The molecule has 4 aliphatic carbocycles. The van der Waals surface area contributed by atoms with Crippen LogP contribution >= 0.6 is 12.4 Å². The molecular weight excluding hydrogens is 658 g/mol. The molecule has 4 bridgehead atoms. The van der Waals surface area contributed by atoms with Gasteiger partial charge in [0.25, 0.3) is 5.91 Å². The fourth-order valence-electron chi connectivity index (χ4n) is 11.1. The number of nitrogens with one attached hydrogen (secondary N) is 3. The first-order chi connectivity index (χ1) is 23.6. The molecule has 1 aliphatic heterocycles. The number of carboxylic acids is 1. The lowest BCUT2D eigenvalue weighted by atomic mass is 9.31. The van der Waals surface area contributed by atoms with Crippen LogP contribution < -0.4 is 25.0 Å². The molecule has 0 spiro atoms. The number of carboxylic acid groups (broad SMARTS) is 1. The average Bonchev–Trinajstić information content (AvgIpc) is 3.64. The van der Waals surface area contributed by atoms with Crippen LogP contribution in [-0.2, 0) is 15.0 Å².